The number of rotatable bonds is 15. The zero-order valence-electron chi connectivity index (χ0n) is 32.6. The maximum absolute atomic E-state index is 13.4. The Morgan fingerprint density at radius 3 is 2.29 bits per heavy atom. The highest BCUT2D eigenvalue weighted by molar-refractivity contribution is 7.44. The molecular formula is C41H43F3N5O9P. The first-order chi connectivity index (χ1) is 28.2. The predicted molar refractivity (Wildman–Crippen MR) is 209 cm³/mol. The molecule has 2 heterocycles. The predicted octanol–water partition coefficient (Wildman–Crippen LogP) is 8.79. The van der Waals surface area contributed by atoms with E-state index in [9.17, 15) is 27.6 Å². The topological polar surface area (TPSA) is 163 Å². The fourth-order valence-corrected chi connectivity index (χ4v) is 8.75. The van der Waals surface area contributed by atoms with Crippen LogP contribution in [0.2, 0.25) is 0 Å². The van der Waals surface area contributed by atoms with E-state index in [4.69, 9.17) is 33.3 Å². The molecule has 18 heteroatoms. The van der Waals surface area contributed by atoms with Crippen molar-refractivity contribution in [2.24, 2.45) is 0 Å². The molecule has 0 spiro atoms. The lowest BCUT2D eigenvalue weighted by molar-refractivity contribution is -0.137. The summed E-state index contributed by atoms with van der Waals surface area (Å²) < 4.78 is 77.5. The largest absolute Gasteiger partial charge is 0.513 e. The number of nitrogens with zero attached hydrogens (tertiary/aromatic N) is 4. The zero-order valence-corrected chi connectivity index (χ0v) is 33.5. The molecule has 1 amide bonds. The van der Waals surface area contributed by atoms with E-state index in [1.807, 2.05) is 87.0 Å². The molecule has 1 saturated heterocycles. The molecule has 1 N–H and O–H groups in total. The summed E-state index contributed by atoms with van der Waals surface area (Å²) in [6.07, 6.45) is -8.12. The Morgan fingerprint density at radius 2 is 1.66 bits per heavy atom. The van der Waals surface area contributed by atoms with Gasteiger partial charge in [0.15, 0.2) is 0 Å². The van der Waals surface area contributed by atoms with Crippen LogP contribution in [0, 0.1) is 11.3 Å². The number of benzene rings is 3. The standard InChI is InChI=1S/C41H43F3N5O9P/c1-25(2)49(26(3)4)59(55-20-10-18-45)58-34-22-37(57-35(34)24-54-40(52)56-28-12-9-11-27(21-28)41(42,43)44)48-19-17-36(46-38(48)50)47-39(51)53-23-33-31-15-7-5-13-29(31)30-14-6-8-16-32(30)33/h5-9,11-17,19,21,25-26,33-35,37H,10,20,22-24H2,1-4H3,(H,46,47,50,51)/t34-,35+,37+,59?/m0/s1. The van der Waals surface area contributed by atoms with Crippen molar-refractivity contribution in [2.45, 2.75) is 83.2 Å². The first-order valence-corrected chi connectivity index (χ1v) is 20.0. The minimum atomic E-state index is -4.66. The number of anilines is 1. The molecule has 2 aliphatic rings. The lowest BCUT2D eigenvalue weighted by atomic mass is 9.98. The summed E-state index contributed by atoms with van der Waals surface area (Å²) >= 11 is 0. The quantitative estimate of drug-likeness (QED) is 0.0525. The summed E-state index contributed by atoms with van der Waals surface area (Å²) in [5.74, 6) is -0.620. The normalized spacial score (nSPS) is 18.0. The van der Waals surface area contributed by atoms with E-state index in [1.54, 1.807) is 0 Å². The van der Waals surface area contributed by atoms with Crippen LogP contribution < -0.4 is 15.7 Å². The summed E-state index contributed by atoms with van der Waals surface area (Å²) in [5.41, 5.74) is 2.44. The van der Waals surface area contributed by atoms with E-state index in [-0.39, 0.29) is 55.6 Å². The molecule has 6 rings (SSSR count). The van der Waals surface area contributed by atoms with Crippen molar-refractivity contribution in [1.82, 2.24) is 14.2 Å². The number of nitrogens with one attached hydrogen (secondary N) is 1. The molecule has 1 unspecified atom stereocenters. The van der Waals surface area contributed by atoms with Crippen LogP contribution in [-0.4, -0.2) is 70.6 Å². The molecule has 4 atom stereocenters. The number of hydrogen-bond acceptors (Lipinski definition) is 12. The van der Waals surface area contributed by atoms with Gasteiger partial charge in [0.2, 0.25) is 0 Å². The van der Waals surface area contributed by atoms with Crippen LogP contribution in [-0.2, 0) is 29.4 Å². The van der Waals surface area contributed by atoms with Crippen LogP contribution in [0.5, 0.6) is 5.75 Å². The first-order valence-electron chi connectivity index (χ1n) is 18.9. The fourth-order valence-electron chi connectivity index (χ4n) is 6.99. The highest BCUT2D eigenvalue weighted by Crippen LogP contribution is 2.50. The maximum Gasteiger partial charge on any atom is 0.513 e. The number of ether oxygens (including phenoxy) is 4. The van der Waals surface area contributed by atoms with Crippen molar-refractivity contribution >= 4 is 26.6 Å². The molecule has 0 saturated carbocycles. The SMILES string of the molecule is CC(C)N(C(C)C)P(OCCC#N)O[C@H]1C[C@H](n2ccc(NC(=O)OCC3c4ccccc4-c4ccccc43)nc2=O)O[C@@H]1COC(=O)Oc1cccc(C(F)(F)F)c1. The van der Waals surface area contributed by atoms with Gasteiger partial charge in [-0.1, -0.05) is 54.6 Å². The highest BCUT2D eigenvalue weighted by atomic mass is 31.2. The van der Waals surface area contributed by atoms with E-state index in [0.29, 0.717) is 6.07 Å². The van der Waals surface area contributed by atoms with Crippen molar-refractivity contribution in [2.75, 3.05) is 25.1 Å². The zero-order chi connectivity index (χ0) is 42.3. The number of carbonyl (C=O) groups excluding carboxylic acids is 2. The number of fused-ring (bicyclic) bond motifs is 3. The molecule has 1 aromatic heterocycles. The average Bonchev–Trinajstić information content (AvgIpc) is 3.74. The number of aromatic nitrogens is 2. The van der Waals surface area contributed by atoms with Crippen molar-refractivity contribution in [3.8, 4) is 22.9 Å². The first kappa shape index (κ1) is 43.2. The second kappa shape index (κ2) is 19.1. The van der Waals surface area contributed by atoms with Crippen LogP contribution in [0.15, 0.2) is 89.9 Å². The molecule has 312 valence electrons. The van der Waals surface area contributed by atoms with Gasteiger partial charge in [-0.05, 0) is 74.2 Å². The molecule has 14 nitrogen and oxygen atoms in total. The van der Waals surface area contributed by atoms with Crippen molar-refractivity contribution < 1.29 is 50.8 Å². The van der Waals surface area contributed by atoms with E-state index < -0.39 is 63.2 Å². The minimum Gasteiger partial charge on any atom is -0.448 e. The maximum atomic E-state index is 13.4. The number of carbonyl (C=O) groups is 2. The molecule has 4 aromatic rings. The number of alkyl halides is 3. The molecule has 0 bridgehead atoms. The third-order valence-corrected chi connectivity index (χ3v) is 11.7. The summed E-state index contributed by atoms with van der Waals surface area (Å²) in [5, 5.41) is 11.7. The number of hydrogen-bond donors (Lipinski definition) is 1. The number of nitriles is 1. The van der Waals surface area contributed by atoms with Crippen molar-refractivity contribution in [1.29, 1.82) is 5.26 Å². The van der Waals surface area contributed by atoms with Gasteiger partial charge < -0.3 is 28.0 Å². The fraction of sp³-hybridized carbons (Fsp3) is 0.390. The molecule has 1 aliphatic carbocycles. The summed E-state index contributed by atoms with van der Waals surface area (Å²) in [6.45, 7) is 7.46. The van der Waals surface area contributed by atoms with E-state index in [1.165, 1.54) is 22.9 Å². The highest BCUT2D eigenvalue weighted by Gasteiger charge is 2.42. The Kier molecular flexibility index (Phi) is 14.0. The van der Waals surface area contributed by atoms with Crippen molar-refractivity contribution in [3.63, 3.8) is 0 Å². The van der Waals surface area contributed by atoms with Crippen LogP contribution in [0.1, 0.15) is 69.4 Å². The Hall–Kier alpha value is -5.37. The molecule has 0 radical (unpaired) electrons. The lowest BCUT2D eigenvalue weighted by Crippen LogP contribution is -2.37. The molecule has 59 heavy (non-hydrogen) atoms. The molecular weight excluding hydrogens is 794 g/mol. The van der Waals surface area contributed by atoms with Gasteiger partial charge in [-0.25, -0.2) is 19.1 Å². The Morgan fingerprint density at radius 1 is 0.983 bits per heavy atom. The van der Waals surface area contributed by atoms with Gasteiger partial charge in [0, 0.05) is 30.6 Å². The molecule has 1 fully saturated rings. The van der Waals surface area contributed by atoms with Crippen molar-refractivity contribution in [3.05, 3.63) is 112 Å². The van der Waals surface area contributed by atoms with Gasteiger partial charge in [-0.15, -0.1) is 0 Å². The Bertz CT molecular complexity index is 2160. The molecule has 1 aliphatic heterocycles. The molecule has 3 aromatic carbocycles. The monoisotopic (exact) mass is 837 g/mol. The van der Waals surface area contributed by atoms with Gasteiger partial charge in [0.25, 0.3) is 8.53 Å². The van der Waals surface area contributed by atoms with Crippen LogP contribution in [0.3, 0.4) is 0 Å². The summed E-state index contributed by atoms with van der Waals surface area (Å²) in [6, 6.07) is 22.9. The van der Waals surface area contributed by atoms with Gasteiger partial charge in [-0.2, -0.15) is 23.4 Å². The van der Waals surface area contributed by atoms with Gasteiger partial charge in [0.1, 0.15) is 37.1 Å². The Balaban J connectivity index is 1.15. The summed E-state index contributed by atoms with van der Waals surface area (Å²) in [7, 11) is -1.82. The van der Waals surface area contributed by atoms with E-state index in [0.717, 1.165) is 34.4 Å². The number of amides is 1. The third kappa shape index (κ3) is 10.6. The van der Waals surface area contributed by atoms with Crippen LogP contribution >= 0.6 is 8.53 Å². The van der Waals surface area contributed by atoms with Crippen LogP contribution in [0.25, 0.3) is 11.1 Å². The second-order valence-corrected chi connectivity index (χ2v) is 15.6. The Labute approximate surface area is 339 Å². The second-order valence-electron chi connectivity index (χ2n) is 14.2. The average molecular weight is 838 g/mol. The van der Waals surface area contributed by atoms with E-state index in [2.05, 4.69) is 10.3 Å². The number of halogens is 3. The summed E-state index contributed by atoms with van der Waals surface area (Å²) in [4.78, 5) is 43.0. The van der Waals surface area contributed by atoms with Crippen LogP contribution in [0.4, 0.5) is 28.6 Å². The lowest BCUT2D eigenvalue weighted by Gasteiger charge is -2.37. The van der Waals surface area contributed by atoms with Gasteiger partial charge in [-0.3, -0.25) is 9.88 Å². The van der Waals surface area contributed by atoms with E-state index >= 15 is 0 Å². The van der Waals surface area contributed by atoms with Gasteiger partial charge >= 0.3 is 24.1 Å². The third-order valence-electron chi connectivity index (χ3n) is 9.51. The minimum absolute atomic E-state index is 0.0436. The smallest absolute Gasteiger partial charge is 0.448 e. The van der Waals surface area contributed by atoms with Gasteiger partial charge in [0.05, 0.1) is 30.8 Å².